The molecule has 0 amide bonds. The summed E-state index contributed by atoms with van der Waals surface area (Å²) in [6, 6.07) is 11.3. The van der Waals surface area contributed by atoms with Crippen LogP contribution in [0.1, 0.15) is 21.5 Å². The van der Waals surface area contributed by atoms with Crippen LogP contribution in [0.3, 0.4) is 0 Å². The monoisotopic (exact) mass is 404 g/mol. The van der Waals surface area contributed by atoms with Crippen molar-refractivity contribution in [1.82, 2.24) is 0 Å². The highest BCUT2D eigenvalue weighted by Crippen LogP contribution is 2.34. The van der Waals surface area contributed by atoms with E-state index in [2.05, 4.69) is 37.9 Å². The zero-order valence-electron chi connectivity index (χ0n) is 10.3. The molecule has 2 aromatic carbocycles. The second-order valence-corrected chi connectivity index (χ2v) is 6.82. The average molecular weight is 407 g/mol. The Morgan fingerprint density at radius 1 is 1.26 bits per heavy atom. The van der Waals surface area contributed by atoms with Crippen LogP contribution in [0, 0.1) is 12.7 Å². The maximum Gasteiger partial charge on any atom is 0.128 e. The maximum absolute atomic E-state index is 13.9. The molecule has 0 aliphatic carbocycles. The first-order chi connectivity index (χ1) is 8.97. The quantitative estimate of drug-likeness (QED) is 0.419. The molecule has 1 atom stereocenters. The Kier molecular flexibility index (Phi) is 5.04. The lowest BCUT2D eigenvalue weighted by Crippen LogP contribution is -1.99. The molecule has 0 aliphatic rings. The molecule has 2 rings (SSSR count). The Labute approximate surface area is 134 Å². The fourth-order valence-electron chi connectivity index (χ4n) is 1.93. The molecule has 0 spiro atoms. The van der Waals surface area contributed by atoms with E-state index in [4.69, 9.17) is 11.6 Å². The van der Waals surface area contributed by atoms with E-state index >= 15 is 0 Å². The number of alkyl halides is 1. The molecular weight excluding hydrogens is 394 g/mol. The van der Waals surface area contributed by atoms with Gasteiger partial charge in [-0.1, -0.05) is 57.4 Å². The van der Waals surface area contributed by atoms with Crippen molar-refractivity contribution < 1.29 is 4.39 Å². The van der Waals surface area contributed by atoms with Crippen molar-refractivity contribution in [3.05, 3.63) is 68.4 Å². The zero-order chi connectivity index (χ0) is 14.0. The number of hydrogen-bond acceptors (Lipinski definition) is 0. The summed E-state index contributed by atoms with van der Waals surface area (Å²) in [5.74, 6) is -0.259. The van der Waals surface area contributed by atoms with E-state index in [-0.39, 0.29) is 10.6 Å². The van der Waals surface area contributed by atoms with E-state index in [0.717, 1.165) is 6.42 Å². The fraction of sp³-hybridized carbons (Fsp3) is 0.200. The summed E-state index contributed by atoms with van der Waals surface area (Å²) in [6.07, 6.45) is 0.719. The number of aryl methyl sites for hydroxylation is 1. The molecule has 0 nitrogen and oxygen atoms in total. The molecule has 1 unspecified atom stereocenters. The summed E-state index contributed by atoms with van der Waals surface area (Å²) in [7, 11) is 0. The smallest absolute Gasteiger partial charge is 0.128 e. The van der Waals surface area contributed by atoms with Crippen LogP contribution in [0.5, 0.6) is 0 Å². The third-order valence-corrected chi connectivity index (χ3v) is 4.89. The van der Waals surface area contributed by atoms with Gasteiger partial charge in [0.15, 0.2) is 0 Å². The fourth-order valence-corrected chi connectivity index (χ4v) is 3.15. The lowest BCUT2D eigenvalue weighted by molar-refractivity contribution is 0.607. The molecule has 0 saturated carbocycles. The van der Waals surface area contributed by atoms with Gasteiger partial charge in [0.1, 0.15) is 5.82 Å². The van der Waals surface area contributed by atoms with Gasteiger partial charge >= 0.3 is 0 Å². The highest BCUT2D eigenvalue weighted by Gasteiger charge is 2.15. The Morgan fingerprint density at radius 3 is 2.68 bits per heavy atom. The minimum atomic E-state index is -0.259. The van der Waals surface area contributed by atoms with E-state index in [1.165, 1.54) is 17.2 Å². The van der Waals surface area contributed by atoms with Crippen LogP contribution in [-0.4, -0.2) is 0 Å². The van der Waals surface area contributed by atoms with Crippen LogP contribution < -0.4 is 0 Å². The molecule has 19 heavy (non-hydrogen) atoms. The van der Waals surface area contributed by atoms with E-state index < -0.39 is 0 Å². The average Bonchev–Trinajstić information content (AvgIpc) is 2.33. The first-order valence-corrected chi connectivity index (χ1v) is 7.90. The number of halogens is 4. The van der Waals surface area contributed by atoms with Crippen molar-refractivity contribution in [1.29, 1.82) is 0 Å². The summed E-state index contributed by atoms with van der Waals surface area (Å²) in [6.45, 7) is 2.05. The van der Waals surface area contributed by atoms with Crippen LogP contribution in [0.25, 0.3) is 0 Å². The summed E-state index contributed by atoms with van der Waals surface area (Å²) < 4.78 is 14.5. The Morgan fingerprint density at radius 2 is 2.00 bits per heavy atom. The second kappa shape index (κ2) is 6.38. The largest absolute Gasteiger partial charge is 0.207 e. The van der Waals surface area contributed by atoms with Gasteiger partial charge in [-0.05, 0) is 47.0 Å². The highest BCUT2D eigenvalue weighted by atomic mass is 79.9. The summed E-state index contributed by atoms with van der Waals surface area (Å²) in [5, 5.41) is 0.519. The van der Waals surface area contributed by atoms with Gasteiger partial charge in [-0.25, -0.2) is 4.39 Å². The van der Waals surface area contributed by atoms with Crippen molar-refractivity contribution in [3.8, 4) is 0 Å². The maximum atomic E-state index is 13.9. The van der Waals surface area contributed by atoms with Crippen LogP contribution in [-0.2, 0) is 6.42 Å². The van der Waals surface area contributed by atoms with Crippen molar-refractivity contribution in [2.75, 3.05) is 0 Å². The van der Waals surface area contributed by atoms with Gasteiger partial charge in [-0.2, -0.15) is 0 Å². The Bertz CT molecular complexity index is 599. The Balaban J connectivity index is 2.25. The van der Waals surface area contributed by atoms with Gasteiger partial charge < -0.3 is 0 Å². The van der Waals surface area contributed by atoms with Crippen molar-refractivity contribution >= 4 is 43.5 Å². The first-order valence-electron chi connectivity index (χ1n) is 5.81. The third-order valence-electron chi connectivity index (χ3n) is 2.87. The molecule has 0 radical (unpaired) electrons. The van der Waals surface area contributed by atoms with Crippen LogP contribution in [0.15, 0.2) is 40.9 Å². The molecule has 0 N–H and O–H groups in total. The Hall–Kier alpha value is -0.380. The number of rotatable bonds is 3. The van der Waals surface area contributed by atoms with E-state index in [9.17, 15) is 4.39 Å². The van der Waals surface area contributed by atoms with Gasteiger partial charge in [0.05, 0.1) is 5.02 Å². The molecular formula is C15H12Br2ClF. The van der Waals surface area contributed by atoms with E-state index in [0.29, 0.717) is 15.1 Å². The minimum Gasteiger partial charge on any atom is -0.207 e. The van der Waals surface area contributed by atoms with Gasteiger partial charge in [-0.15, -0.1) is 0 Å². The molecule has 0 aliphatic heterocycles. The standard InChI is InChI=1S/C15H12Br2ClF/c1-9-3-2-4-10(5-9)6-12(16)11-7-14(18)13(17)8-15(11)19/h2-5,7-8,12H,6H2,1H3. The molecule has 0 aromatic heterocycles. The number of benzene rings is 2. The van der Waals surface area contributed by atoms with Crippen molar-refractivity contribution in [2.24, 2.45) is 0 Å². The molecule has 2 aromatic rings. The topological polar surface area (TPSA) is 0 Å². The second-order valence-electron chi connectivity index (χ2n) is 4.45. The van der Waals surface area contributed by atoms with Crippen LogP contribution in [0.4, 0.5) is 4.39 Å². The SMILES string of the molecule is Cc1cccc(CC(Br)c2cc(Cl)c(Br)cc2F)c1. The van der Waals surface area contributed by atoms with Crippen molar-refractivity contribution in [3.63, 3.8) is 0 Å². The molecule has 0 bridgehead atoms. The zero-order valence-corrected chi connectivity index (χ0v) is 14.2. The molecule has 0 saturated heterocycles. The van der Waals surface area contributed by atoms with E-state index in [1.807, 2.05) is 25.1 Å². The minimum absolute atomic E-state index is 0.0973. The summed E-state index contributed by atoms with van der Waals surface area (Å²) in [5.41, 5.74) is 2.95. The molecule has 0 fully saturated rings. The lowest BCUT2D eigenvalue weighted by atomic mass is 10.0. The van der Waals surface area contributed by atoms with Gasteiger partial charge in [0.2, 0.25) is 0 Å². The summed E-state index contributed by atoms with van der Waals surface area (Å²) >= 11 is 12.8. The van der Waals surface area contributed by atoms with Crippen molar-refractivity contribution in [2.45, 2.75) is 18.2 Å². The normalized spacial score (nSPS) is 12.5. The molecule has 100 valence electrons. The molecule has 0 heterocycles. The highest BCUT2D eigenvalue weighted by molar-refractivity contribution is 9.10. The van der Waals surface area contributed by atoms with Crippen LogP contribution in [0.2, 0.25) is 5.02 Å². The van der Waals surface area contributed by atoms with Crippen LogP contribution >= 0.6 is 43.5 Å². The molecule has 4 heteroatoms. The van der Waals surface area contributed by atoms with Gasteiger partial charge in [-0.3, -0.25) is 0 Å². The van der Waals surface area contributed by atoms with Gasteiger partial charge in [0.25, 0.3) is 0 Å². The third kappa shape index (κ3) is 3.80. The van der Waals surface area contributed by atoms with Gasteiger partial charge in [0, 0.05) is 14.9 Å². The predicted molar refractivity (Wildman–Crippen MR) is 85.7 cm³/mol. The summed E-state index contributed by atoms with van der Waals surface area (Å²) in [4.78, 5) is -0.0973. The number of hydrogen-bond donors (Lipinski definition) is 0. The predicted octanol–water partition coefficient (Wildman–Crippen LogP) is 6.23. The van der Waals surface area contributed by atoms with E-state index in [1.54, 1.807) is 6.07 Å². The first kappa shape index (κ1) is 15.0. The lowest BCUT2D eigenvalue weighted by Gasteiger charge is -2.13.